The lowest BCUT2D eigenvalue weighted by atomic mass is 9.99. The molecule has 1 aliphatic rings. The number of nitrogens with one attached hydrogen (secondary N) is 7. The molecule has 4 unspecified atom stereocenters. The molecule has 1 aromatic heterocycles. The summed E-state index contributed by atoms with van der Waals surface area (Å²) >= 11 is 0. The summed E-state index contributed by atoms with van der Waals surface area (Å²) in [5.74, 6) is -5.51. The average molecular weight is 923 g/mol. The molecule has 2 aromatic carbocycles. The number of unbranched alkanes of at least 4 members (excludes halogenated alkanes) is 1. The molecule has 0 bridgehead atoms. The fraction of sp³-hybridized carbons (Fsp3) is 0.405. The number of benzene rings is 2. The number of aliphatic carboxylic acids is 1. The Morgan fingerprint density at radius 3 is 2.26 bits per heavy atom. The highest BCUT2D eigenvalue weighted by Crippen LogP contribution is 2.16. The number of hydrogen-bond acceptors (Lipinski definition) is 14. The number of hydrazone groups is 1. The summed E-state index contributed by atoms with van der Waals surface area (Å²) < 4.78 is 38.3. The van der Waals surface area contributed by atoms with Crippen molar-refractivity contribution >= 4 is 63.6 Å². The number of anilines is 1. The second-order valence-electron chi connectivity index (χ2n) is 15.2. The van der Waals surface area contributed by atoms with Gasteiger partial charge in [0, 0.05) is 24.7 Å². The fourth-order valence-electron chi connectivity index (χ4n) is 6.32. The van der Waals surface area contributed by atoms with Gasteiger partial charge in [0.1, 0.15) is 40.6 Å². The van der Waals surface area contributed by atoms with Crippen molar-refractivity contribution in [1.29, 1.82) is 0 Å². The number of nitrogens with zero attached hydrogens (tertiary/aromatic N) is 2. The molecule has 2 heterocycles. The lowest BCUT2D eigenvalue weighted by Gasteiger charge is -2.27. The van der Waals surface area contributed by atoms with E-state index < -0.39 is 94.6 Å². The van der Waals surface area contributed by atoms with Gasteiger partial charge >= 0.3 is 5.97 Å². The molecule has 0 spiro atoms. The van der Waals surface area contributed by atoms with Gasteiger partial charge in [0.05, 0.1) is 31.4 Å². The maximum absolute atomic E-state index is 13.8. The van der Waals surface area contributed by atoms with Crippen molar-refractivity contribution in [3.05, 3.63) is 83.6 Å². The van der Waals surface area contributed by atoms with Crippen molar-refractivity contribution in [3.8, 4) is 5.75 Å². The van der Waals surface area contributed by atoms with Crippen molar-refractivity contribution in [1.82, 2.24) is 36.9 Å². The van der Waals surface area contributed by atoms with Crippen LogP contribution >= 0.6 is 0 Å². The first-order chi connectivity index (χ1) is 30.9. The molecule has 65 heavy (non-hydrogen) atoms. The minimum atomic E-state index is -4.45. The molecule has 0 radical (unpaired) electrons. The predicted molar refractivity (Wildman–Crippen MR) is 235 cm³/mol. The average Bonchev–Trinajstić information content (AvgIpc) is 3.26. The highest BCUT2D eigenvalue weighted by molar-refractivity contribution is 7.86. The van der Waals surface area contributed by atoms with E-state index in [0.29, 0.717) is 37.1 Å². The third kappa shape index (κ3) is 16.6. The summed E-state index contributed by atoms with van der Waals surface area (Å²) in [5, 5.41) is 28.8. The SMILES string of the molecule is CC(C)C1NC(=O)C(CCCCN)NC(=O)CNC(=O)C(CC(=O)O)NC(=O)C(Cc2ccc(OCCCNC(=O)c3ccc(N/N=C\c4ccccc4S(=O)(=O)O)nc3)cc2)NC1=O. The number of carbonyl (C=O) groups excluding carboxylic acids is 6. The number of ether oxygens (including phenoxy) is 1. The number of nitrogens with two attached hydrogens (primary N) is 1. The fourth-order valence-corrected chi connectivity index (χ4v) is 6.99. The lowest BCUT2D eigenvalue weighted by molar-refractivity contribution is -0.141. The van der Waals surface area contributed by atoms with E-state index in [1.165, 1.54) is 42.7 Å². The Kier molecular flexibility index (Phi) is 19.3. The summed E-state index contributed by atoms with van der Waals surface area (Å²) in [7, 11) is -4.45. The summed E-state index contributed by atoms with van der Waals surface area (Å²) in [5.41, 5.74) is 9.20. The highest BCUT2D eigenvalue weighted by Gasteiger charge is 2.34. The van der Waals surface area contributed by atoms with Gasteiger partial charge in [-0.25, -0.2) is 4.98 Å². The second kappa shape index (κ2) is 24.8. The van der Waals surface area contributed by atoms with Crippen molar-refractivity contribution in [2.45, 2.75) is 81.4 Å². The van der Waals surface area contributed by atoms with E-state index >= 15 is 0 Å². The van der Waals surface area contributed by atoms with Crippen LogP contribution in [0.15, 0.2) is 76.9 Å². The smallest absolute Gasteiger partial charge is 0.305 e. The summed E-state index contributed by atoms with van der Waals surface area (Å²) in [4.78, 5) is 94.9. The Morgan fingerprint density at radius 1 is 0.892 bits per heavy atom. The molecule has 4 atom stereocenters. The van der Waals surface area contributed by atoms with Gasteiger partial charge in [-0.2, -0.15) is 13.5 Å². The van der Waals surface area contributed by atoms with E-state index in [1.54, 1.807) is 44.2 Å². The number of carboxylic acid groups (broad SMARTS) is 1. The number of amides is 6. The third-order valence-electron chi connectivity index (χ3n) is 9.76. The summed E-state index contributed by atoms with van der Waals surface area (Å²) in [6, 6.07) is 10.1. The largest absolute Gasteiger partial charge is 0.494 e. The normalized spacial score (nSPS) is 18.9. The maximum Gasteiger partial charge on any atom is 0.305 e. The van der Waals surface area contributed by atoms with E-state index in [2.05, 4.69) is 47.4 Å². The number of pyridine rings is 1. The number of rotatable bonds is 19. The standard InChI is InChI=1S/C42H54N10O12S/c1-25(2)37-42(60)50-31(41(59)49-32(21-36(54)55)39(57)46-24-35(53)48-30(40(58)51-37)9-5-6-17-43)20-26-11-14-29(15-12-26)64-19-7-18-44-38(56)28-13-16-34(45-22-28)52-47-23-27-8-3-4-10-33(27)65(61,62)63/h3-4,8,10-16,22-23,25,30-32,37H,5-7,9,17-21,24,43H2,1-2H3,(H,44,56)(H,45,52)(H,46,57)(H,48,53)(H,49,59)(H,50,60)(H,51,58)(H,54,55)(H,61,62,63)/b47-23-. The van der Waals surface area contributed by atoms with Gasteiger partial charge in [0.2, 0.25) is 29.5 Å². The molecule has 0 aliphatic carbocycles. The first kappa shape index (κ1) is 50.7. The minimum absolute atomic E-state index is 0.115. The van der Waals surface area contributed by atoms with Crippen LogP contribution in [0.1, 0.15) is 67.4 Å². The first-order valence-corrected chi connectivity index (χ1v) is 22.1. The Balaban J connectivity index is 1.35. The van der Waals surface area contributed by atoms with E-state index in [0.717, 1.165) is 0 Å². The zero-order valence-corrected chi connectivity index (χ0v) is 36.6. The van der Waals surface area contributed by atoms with Gasteiger partial charge in [-0.15, -0.1) is 0 Å². The number of aromatic nitrogens is 1. The molecule has 11 N–H and O–H groups in total. The maximum atomic E-state index is 13.8. The number of hydrogen-bond donors (Lipinski definition) is 10. The zero-order chi connectivity index (χ0) is 47.5. The summed E-state index contributed by atoms with van der Waals surface area (Å²) in [6.45, 7) is 3.57. The molecule has 23 heteroatoms. The second-order valence-corrected chi connectivity index (χ2v) is 16.6. The van der Waals surface area contributed by atoms with Crippen LogP contribution in [-0.2, 0) is 45.3 Å². The Labute approximate surface area is 375 Å². The van der Waals surface area contributed by atoms with E-state index in [1.807, 2.05) is 0 Å². The van der Waals surface area contributed by atoms with Gasteiger partial charge in [-0.3, -0.25) is 43.5 Å². The van der Waals surface area contributed by atoms with E-state index in [-0.39, 0.29) is 47.8 Å². The van der Waals surface area contributed by atoms with Crippen LogP contribution in [0.25, 0.3) is 0 Å². The molecule has 22 nitrogen and oxygen atoms in total. The molecular weight excluding hydrogens is 869 g/mol. The van der Waals surface area contributed by atoms with Gasteiger partial charge < -0.3 is 47.5 Å². The molecule has 0 saturated carbocycles. The molecule has 6 amide bonds. The molecular formula is C42H54N10O12S. The third-order valence-corrected chi connectivity index (χ3v) is 10.7. The van der Waals surface area contributed by atoms with Gasteiger partial charge in [0.25, 0.3) is 16.0 Å². The van der Waals surface area contributed by atoms with Gasteiger partial charge in [0.15, 0.2) is 0 Å². The molecule has 350 valence electrons. The molecule has 4 rings (SSSR count). The van der Waals surface area contributed by atoms with Crippen LogP contribution in [0, 0.1) is 5.92 Å². The van der Waals surface area contributed by atoms with Gasteiger partial charge in [-0.1, -0.05) is 44.2 Å². The predicted octanol–water partition coefficient (Wildman–Crippen LogP) is -0.156. The summed E-state index contributed by atoms with van der Waals surface area (Å²) in [6.07, 6.45) is 3.23. The highest BCUT2D eigenvalue weighted by atomic mass is 32.2. The Morgan fingerprint density at radius 2 is 1.60 bits per heavy atom. The van der Waals surface area contributed by atoms with Crippen LogP contribution in [0.3, 0.4) is 0 Å². The molecule has 1 saturated heterocycles. The van der Waals surface area contributed by atoms with Crippen molar-refractivity contribution in [2.75, 3.05) is 31.7 Å². The van der Waals surface area contributed by atoms with Gasteiger partial charge in [-0.05, 0) is 74.0 Å². The monoisotopic (exact) mass is 922 g/mol. The van der Waals surface area contributed by atoms with E-state index in [4.69, 9.17) is 10.5 Å². The van der Waals surface area contributed by atoms with Crippen LogP contribution in [0.4, 0.5) is 5.82 Å². The molecule has 3 aromatic rings. The first-order valence-electron chi connectivity index (χ1n) is 20.7. The van der Waals surface area contributed by atoms with Crippen LogP contribution in [0.5, 0.6) is 5.75 Å². The van der Waals surface area contributed by atoms with Crippen molar-refractivity contribution < 1.29 is 56.4 Å². The number of carboxylic acids is 1. The van der Waals surface area contributed by atoms with Crippen LogP contribution < -0.4 is 47.8 Å². The minimum Gasteiger partial charge on any atom is -0.494 e. The van der Waals surface area contributed by atoms with Crippen molar-refractivity contribution in [2.24, 2.45) is 16.8 Å². The Hall–Kier alpha value is -6.98. The van der Waals surface area contributed by atoms with Crippen LogP contribution in [0.2, 0.25) is 0 Å². The van der Waals surface area contributed by atoms with Crippen molar-refractivity contribution in [3.63, 3.8) is 0 Å². The molecule has 1 aliphatic heterocycles. The quantitative estimate of drug-likeness (QED) is 0.0323. The topological polar surface area (TPSA) is 339 Å². The van der Waals surface area contributed by atoms with E-state index in [9.17, 15) is 51.6 Å². The number of carbonyl (C=O) groups is 7. The lowest BCUT2D eigenvalue weighted by Crippen LogP contribution is -2.59. The Bertz CT molecular complexity index is 2290. The van der Waals surface area contributed by atoms with Crippen LogP contribution in [-0.4, -0.2) is 121 Å². The molecule has 1 fully saturated rings. The zero-order valence-electron chi connectivity index (χ0n) is 35.7.